The summed E-state index contributed by atoms with van der Waals surface area (Å²) >= 11 is 0. The third-order valence-electron chi connectivity index (χ3n) is 1.91. The minimum atomic E-state index is -0.528. The van der Waals surface area contributed by atoms with Crippen LogP contribution in [0.15, 0.2) is 18.2 Å². The minimum Gasteiger partial charge on any atom is -0.396 e. The summed E-state index contributed by atoms with van der Waals surface area (Å²) in [6, 6.07) is 4.47. The van der Waals surface area contributed by atoms with E-state index in [4.69, 9.17) is 9.84 Å². The molecule has 1 rings (SSSR count). The highest BCUT2D eigenvalue weighted by molar-refractivity contribution is 5.34. The van der Waals surface area contributed by atoms with Crippen LogP contribution in [0.5, 0.6) is 0 Å². The molecule has 0 saturated heterocycles. The first-order chi connectivity index (χ1) is 7.26. The van der Waals surface area contributed by atoms with Crippen LogP contribution in [0.2, 0.25) is 0 Å². The summed E-state index contributed by atoms with van der Waals surface area (Å²) in [5.41, 5.74) is 0. The molecular weight excluding hydrogens is 199 g/mol. The molecule has 0 saturated carbocycles. The Balaban J connectivity index is 2.56. The molecule has 84 valence electrons. The zero-order valence-corrected chi connectivity index (χ0v) is 8.61. The number of aromatic nitrogens is 1. The van der Waals surface area contributed by atoms with Crippen LogP contribution in [-0.2, 0) is 4.74 Å². The second-order valence-corrected chi connectivity index (χ2v) is 3.15. The van der Waals surface area contributed by atoms with Gasteiger partial charge in [-0.1, -0.05) is 6.07 Å². The molecule has 0 aromatic carbocycles. The lowest BCUT2D eigenvalue weighted by molar-refractivity contribution is 0.170. The Labute approximate surface area is 88.1 Å². The van der Waals surface area contributed by atoms with E-state index in [2.05, 4.69) is 10.3 Å². The van der Waals surface area contributed by atoms with Crippen molar-refractivity contribution in [3.63, 3.8) is 0 Å². The van der Waals surface area contributed by atoms with Crippen molar-refractivity contribution in [2.45, 2.75) is 12.5 Å². The number of pyridine rings is 1. The Hall–Kier alpha value is -1.20. The summed E-state index contributed by atoms with van der Waals surface area (Å²) in [6.07, 6.45) is 0.534. The molecule has 0 fully saturated rings. The maximum absolute atomic E-state index is 12.8. The predicted molar refractivity (Wildman–Crippen MR) is 55.2 cm³/mol. The van der Waals surface area contributed by atoms with Crippen LogP contribution in [0.3, 0.4) is 0 Å². The third kappa shape index (κ3) is 4.22. The molecule has 2 N–H and O–H groups in total. The van der Waals surface area contributed by atoms with E-state index in [-0.39, 0.29) is 12.6 Å². The van der Waals surface area contributed by atoms with Gasteiger partial charge in [-0.25, -0.2) is 4.98 Å². The number of hydrogen-bond acceptors (Lipinski definition) is 4. The molecule has 0 radical (unpaired) electrons. The Kier molecular flexibility index (Phi) is 5.00. The first-order valence-corrected chi connectivity index (χ1v) is 4.75. The van der Waals surface area contributed by atoms with Gasteiger partial charge in [0.05, 0.1) is 12.6 Å². The van der Waals surface area contributed by atoms with Crippen molar-refractivity contribution in [1.29, 1.82) is 0 Å². The zero-order valence-electron chi connectivity index (χ0n) is 8.61. The van der Waals surface area contributed by atoms with Gasteiger partial charge in [0, 0.05) is 13.7 Å². The van der Waals surface area contributed by atoms with Crippen LogP contribution in [0.4, 0.5) is 10.2 Å². The van der Waals surface area contributed by atoms with E-state index < -0.39 is 5.95 Å². The standard InChI is InChI=1S/C10H15FN2O2/c1-15-7-8(5-6-14)12-10-4-2-3-9(11)13-10/h2-4,8,14H,5-7H2,1H3,(H,12,13). The van der Waals surface area contributed by atoms with Crippen molar-refractivity contribution in [2.24, 2.45) is 0 Å². The molecule has 1 aromatic rings. The summed E-state index contributed by atoms with van der Waals surface area (Å²) in [7, 11) is 1.57. The van der Waals surface area contributed by atoms with Gasteiger partial charge in [0.25, 0.3) is 0 Å². The molecule has 0 bridgehead atoms. The van der Waals surface area contributed by atoms with Crippen LogP contribution in [0, 0.1) is 5.95 Å². The van der Waals surface area contributed by atoms with E-state index in [1.807, 2.05) is 0 Å². The van der Waals surface area contributed by atoms with Gasteiger partial charge in [-0.05, 0) is 18.6 Å². The third-order valence-corrected chi connectivity index (χ3v) is 1.91. The van der Waals surface area contributed by atoms with Crippen LogP contribution in [0.1, 0.15) is 6.42 Å². The molecular formula is C10H15FN2O2. The number of rotatable bonds is 6. The fourth-order valence-electron chi connectivity index (χ4n) is 1.25. The van der Waals surface area contributed by atoms with E-state index in [1.165, 1.54) is 6.07 Å². The summed E-state index contributed by atoms with van der Waals surface area (Å²) < 4.78 is 17.7. The molecule has 1 atom stereocenters. The zero-order chi connectivity index (χ0) is 11.1. The van der Waals surface area contributed by atoms with Crippen molar-refractivity contribution >= 4 is 5.82 Å². The fraction of sp³-hybridized carbons (Fsp3) is 0.500. The minimum absolute atomic E-state index is 0.0519. The molecule has 0 aliphatic heterocycles. The van der Waals surface area contributed by atoms with E-state index in [0.29, 0.717) is 18.8 Å². The molecule has 0 aliphatic carbocycles. The lowest BCUT2D eigenvalue weighted by Gasteiger charge is -2.17. The lowest BCUT2D eigenvalue weighted by atomic mass is 10.2. The summed E-state index contributed by atoms with van der Waals surface area (Å²) in [6.45, 7) is 0.495. The monoisotopic (exact) mass is 214 g/mol. The first-order valence-electron chi connectivity index (χ1n) is 4.75. The molecule has 1 aromatic heterocycles. The number of hydrogen-bond donors (Lipinski definition) is 2. The smallest absolute Gasteiger partial charge is 0.214 e. The Morgan fingerprint density at radius 2 is 2.40 bits per heavy atom. The molecule has 15 heavy (non-hydrogen) atoms. The van der Waals surface area contributed by atoms with Gasteiger partial charge in [0.1, 0.15) is 5.82 Å². The van der Waals surface area contributed by atoms with Crippen molar-refractivity contribution in [2.75, 3.05) is 25.6 Å². The van der Waals surface area contributed by atoms with Gasteiger partial charge < -0.3 is 15.2 Å². The van der Waals surface area contributed by atoms with Gasteiger partial charge in [0.2, 0.25) is 5.95 Å². The van der Waals surface area contributed by atoms with Crippen LogP contribution in [0.25, 0.3) is 0 Å². The molecule has 0 aliphatic rings. The lowest BCUT2D eigenvalue weighted by Crippen LogP contribution is -2.26. The van der Waals surface area contributed by atoms with E-state index in [9.17, 15) is 4.39 Å². The highest BCUT2D eigenvalue weighted by Crippen LogP contribution is 2.07. The SMILES string of the molecule is COCC(CCO)Nc1cccc(F)n1. The maximum Gasteiger partial charge on any atom is 0.214 e. The van der Waals surface area contributed by atoms with Crippen LogP contribution >= 0.6 is 0 Å². The normalized spacial score (nSPS) is 12.5. The van der Waals surface area contributed by atoms with Gasteiger partial charge in [0.15, 0.2) is 0 Å². The molecule has 0 spiro atoms. The molecule has 1 heterocycles. The second-order valence-electron chi connectivity index (χ2n) is 3.15. The second kappa shape index (κ2) is 6.31. The highest BCUT2D eigenvalue weighted by atomic mass is 19.1. The molecule has 1 unspecified atom stereocenters. The first kappa shape index (κ1) is 11.9. The number of nitrogens with one attached hydrogen (secondary N) is 1. The Morgan fingerprint density at radius 1 is 1.60 bits per heavy atom. The predicted octanol–water partition coefficient (Wildman–Crippen LogP) is 1.03. The summed E-state index contributed by atoms with van der Waals surface area (Å²) in [5.74, 6) is -0.0781. The summed E-state index contributed by atoms with van der Waals surface area (Å²) in [4.78, 5) is 3.66. The van der Waals surface area contributed by atoms with Gasteiger partial charge >= 0.3 is 0 Å². The van der Waals surface area contributed by atoms with Gasteiger partial charge in [-0.15, -0.1) is 0 Å². The van der Waals surface area contributed by atoms with E-state index in [0.717, 1.165) is 0 Å². The van der Waals surface area contributed by atoms with E-state index >= 15 is 0 Å². The number of ether oxygens (including phenoxy) is 1. The number of anilines is 1. The van der Waals surface area contributed by atoms with Crippen molar-refractivity contribution < 1.29 is 14.2 Å². The van der Waals surface area contributed by atoms with Crippen molar-refractivity contribution in [3.05, 3.63) is 24.1 Å². The van der Waals surface area contributed by atoms with Gasteiger partial charge in [-0.2, -0.15) is 4.39 Å². The number of aliphatic hydroxyl groups is 1. The largest absolute Gasteiger partial charge is 0.396 e. The Bertz CT molecular complexity index is 291. The van der Waals surface area contributed by atoms with Gasteiger partial charge in [-0.3, -0.25) is 0 Å². The molecule has 0 amide bonds. The van der Waals surface area contributed by atoms with Crippen molar-refractivity contribution in [1.82, 2.24) is 4.98 Å². The highest BCUT2D eigenvalue weighted by Gasteiger charge is 2.08. The number of aliphatic hydroxyl groups excluding tert-OH is 1. The molecule has 5 heteroatoms. The number of nitrogens with zero attached hydrogens (tertiary/aromatic N) is 1. The summed E-state index contributed by atoms with van der Waals surface area (Å²) in [5, 5.41) is 11.8. The van der Waals surface area contributed by atoms with Crippen LogP contribution in [-0.4, -0.2) is 36.5 Å². The maximum atomic E-state index is 12.8. The molecule has 4 nitrogen and oxygen atoms in total. The fourth-order valence-corrected chi connectivity index (χ4v) is 1.25. The quantitative estimate of drug-likeness (QED) is 0.694. The number of halogens is 1. The average molecular weight is 214 g/mol. The van der Waals surface area contributed by atoms with Crippen molar-refractivity contribution in [3.8, 4) is 0 Å². The topological polar surface area (TPSA) is 54.4 Å². The van der Waals surface area contributed by atoms with Crippen LogP contribution < -0.4 is 5.32 Å². The van der Waals surface area contributed by atoms with E-state index in [1.54, 1.807) is 19.2 Å². The Morgan fingerprint density at radius 3 is 3.00 bits per heavy atom. The average Bonchev–Trinajstić information content (AvgIpc) is 2.18. The number of methoxy groups -OCH3 is 1.